The third kappa shape index (κ3) is 5.43. The summed E-state index contributed by atoms with van der Waals surface area (Å²) in [7, 11) is 0. The molecule has 2 N–H and O–H groups in total. The van der Waals surface area contributed by atoms with E-state index in [0.29, 0.717) is 28.9 Å². The van der Waals surface area contributed by atoms with E-state index >= 15 is 0 Å². The van der Waals surface area contributed by atoms with Crippen LogP contribution in [0.25, 0.3) is 16.8 Å². The molecule has 5 rings (SSSR count). The number of carbonyl (C=O) groups is 2. The molecule has 1 aromatic heterocycles. The van der Waals surface area contributed by atoms with Crippen molar-refractivity contribution in [2.24, 2.45) is 0 Å². The summed E-state index contributed by atoms with van der Waals surface area (Å²) < 4.78 is 40.7. The molecule has 1 aliphatic carbocycles. The van der Waals surface area contributed by atoms with Gasteiger partial charge in [-0.1, -0.05) is 61.9 Å². The number of nitrogens with one attached hydrogen (secondary N) is 2. The van der Waals surface area contributed by atoms with E-state index in [2.05, 4.69) is 22.5 Å². The van der Waals surface area contributed by atoms with E-state index in [4.69, 9.17) is 0 Å². The number of amides is 2. The van der Waals surface area contributed by atoms with Crippen molar-refractivity contribution < 1.29 is 22.8 Å². The van der Waals surface area contributed by atoms with Crippen LogP contribution in [0.1, 0.15) is 52.7 Å². The molecule has 1 unspecified atom stereocenters. The van der Waals surface area contributed by atoms with Crippen LogP contribution in [-0.2, 0) is 11.2 Å². The van der Waals surface area contributed by atoms with Crippen LogP contribution in [0, 0.1) is 0 Å². The number of hydrogen-bond donors (Lipinski definition) is 2. The van der Waals surface area contributed by atoms with Crippen LogP contribution in [0.15, 0.2) is 79.3 Å². The van der Waals surface area contributed by atoms with Crippen LogP contribution in [0.2, 0.25) is 0 Å². The molecule has 0 aliphatic heterocycles. The number of nitrogens with zero attached hydrogens (tertiary/aromatic N) is 2. The monoisotopic (exact) mass is 532 g/mol. The molecule has 0 radical (unpaired) electrons. The maximum Gasteiger partial charge on any atom is 0.405 e. The number of benzene rings is 3. The molecule has 1 heterocycles. The quantitative estimate of drug-likeness (QED) is 0.281. The SMILES string of the molecule is CCCCc1c(-n2cnc(NC(=O)c3ccccc3)c2)ccc2c1C(C(=O)NCC(F)(F)F)c1ccccc1-2. The van der Waals surface area contributed by atoms with Crippen molar-refractivity contribution in [2.75, 3.05) is 11.9 Å². The third-order valence-electron chi connectivity index (χ3n) is 6.83. The molecule has 2 amide bonds. The fraction of sp³-hybridized carbons (Fsp3) is 0.233. The molecule has 1 aliphatic rings. The summed E-state index contributed by atoms with van der Waals surface area (Å²) in [6.07, 6.45) is 1.10. The molecule has 9 heteroatoms. The summed E-state index contributed by atoms with van der Waals surface area (Å²) in [4.78, 5) is 30.2. The van der Waals surface area contributed by atoms with Crippen LogP contribution < -0.4 is 10.6 Å². The van der Waals surface area contributed by atoms with E-state index in [9.17, 15) is 22.8 Å². The van der Waals surface area contributed by atoms with Crippen molar-refractivity contribution in [3.63, 3.8) is 0 Å². The Hall–Kier alpha value is -4.40. The minimum atomic E-state index is -4.51. The summed E-state index contributed by atoms with van der Waals surface area (Å²) in [6.45, 7) is 0.662. The Morgan fingerprint density at radius 3 is 2.46 bits per heavy atom. The maximum atomic E-state index is 13.3. The fourth-order valence-electron chi connectivity index (χ4n) is 5.08. The Morgan fingerprint density at radius 1 is 0.974 bits per heavy atom. The number of anilines is 1. The molecule has 200 valence electrons. The standard InChI is InChI=1S/C30H27F3N4O2/c1-2-3-11-23-24(37-16-25(35-18-37)36-28(38)19-9-5-4-6-10-19)15-14-22-20-12-7-8-13-21(20)27(26(22)23)29(39)34-17-30(31,32)33/h4-10,12-16,18,27H,2-3,11,17H2,1H3,(H,34,39)(H,36,38). The number of alkyl halides is 3. The van der Waals surface area contributed by atoms with Crippen LogP contribution in [-0.4, -0.2) is 34.1 Å². The minimum absolute atomic E-state index is 0.294. The highest BCUT2D eigenvalue weighted by molar-refractivity contribution is 6.03. The molecule has 4 aromatic rings. The molecule has 0 saturated heterocycles. The summed E-state index contributed by atoms with van der Waals surface area (Å²) in [5, 5.41) is 4.89. The van der Waals surface area contributed by atoms with Gasteiger partial charge in [-0.3, -0.25) is 9.59 Å². The lowest BCUT2D eigenvalue weighted by molar-refractivity contribution is -0.138. The molecule has 3 aromatic carbocycles. The zero-order valence-electron chi connectivity index (χ0n) is 21.3. The van der Waals surface area contributed by atoms with Gasteiger partial charge >= 0.3 is 6.18 Å². The Kier molecular flexibility index (Phi) is 7.24. The Morgan fingerprint density at radius 2 is 1.72 bits per heavy atom. The zero-order chi connectivity index (χ0) is 27.6. The molecular weight excluding hydrogens is 505 g/mol. The Bertz CT molecular complexity index is 1510. The topological polar surface area (TPSA) is 76.0 Å². The minimum Gasteiger partial charge on any atom is -0.346 e. The first-order chi connectivity index (χ1) is 18.8. The number of imidazole rings is 1. The maximum absolute atomic E-state index is 13.3. The highest BCUT2D eigenvalue weighted by atomic mass is 19.4. The van der Waals surface area contributed by atoms with Crippen LogP contribution in [0.5, 0.6) is 0 Å². The largest absolute Gasteiger partial charge is 0.405 e. The van der Waals surface area contributed by atoms with Gasteiger partial charge < -0.3 is 15.2 Å². The predicted molar refractivity (Wildman–Crippen MR) is 143 cm³/mol. The zero-order valence-corrected chi connectivity index (χ0v) is 21.3. The van der Waals surface area contributed by atoms with Gasteiger partial charge in [0, 0.05) is 5.56 Å². The van der Waals surface area contributed by atoms with Crippen molar-refractivity contribution in [1.82, 2.24) is 14.9 Å². The molecular formula is C30H27F3N4O2. The number of halogens is 3. The molecule has 39 heavy (non-hydrogen) atoms. The first-order valence-corrected chi connectivity index (χ1v) is 12.8. The first kappa shape index (κ1) is 26.2. The van der Waals surface area contributed by atoms with Gasteiger partial charge in [-0.15, -0.1) is 0 Å². The second-order valence-electron chi connectivity index (χ2n) is 9.47. The highest BCUT2D eigenvalue weighted by Crippen LogP contribution is 2.48. The number of rotatable bonds is 8. The average Bonchev–Trinajstić information content (AvgIpc) is 3.53. The Balaban J connectivity index is 1.55. The molecule has 0 spiro atoms. The summed E-state index contributed by atoms with van der Waals surface area (Å²) in [5.41, 5.74) is 5.20. The molecule has 0 saturated carbocycles. The van der Waals surface area contributed by atoms with Crippen molar-refractivity contribution >= 4 is 17.6 Å². The van der Waals surface area contributed by atoms with Gasteiger partial charge in [-0.05, 0) is 58.9 Å². The third-order valence-corrected chi connectivity index (χ3v) is 6.83. The van der Waals surface area contributed by atoms with Gasteiger partial charge in [-0.25, -0.2) is 4.98 Å². The van der Waals surface area contributed by atoms with Gasteiger partial charge in [0.1, 0.15) is 12.9 Å². The lowest BCUT2D eigenvalue weighted by Crippen LogP contribution is -2.37. The van der Waals surface area contributed by atoms with E-state index < -0.39 is 24.5 Å². The number of hydrogen-bond acceptors (Lipinski definition) is 3. The van der Waals surface area contributed by atoms with Crippen LogP contribution in [0.4, 0.5) is 19.0 Å². The summed E-state index contributed by atoms with van der Waals surface area (Å²) in [5.74, 6) is -1.49. The lowest BCUT2D eigenvalue weighted by atomic mass is 9.88. The van der Waals surface area contributed by atoms with Gasteiger partial charge in [0.15, 0.2) is 5.82 Å². The smallest absolute Gasteiger partial charge is 0.346 e. The predicted octanol–water partition coefficient (Wildman–Crippen LogP) is 6.26. The summed E-state index contributed by atoms with van der Waals surface area (Å²) in [6, 6.07) is 20.0. The molecule has 0 bridgehead atoms. The average molecular weight is 533 g/mol. The number of aromatic nitrogens is 2. The normalized spacial score (nSPS) is 14.0. The fourth-order valence-corrected chi connectivity index (χ4v) is 5.08. The van der Waals surface area contributed by atoms with Crippen molar-refractivity contribution in [1.29, 1.82) is 0 Å². The van der Waals surface area contributed by atoms with Gasteiger partial charge in [0.25, 0.3) is 5.91 Å². The number of unbranched alkanes of at least 4 members (excludes halogenated alkanes) is 1. The molecule has 6 nitrogen and oxygen atoms in total. The van der Waals surface area contributed by atoms with E-state index in [1.807, 2.05) is 30.3 Å². The van der Waals surface area contributed by atoms with Gasteiger partial charge in [0.05, 0.1) is 17.8 Å². The number of carbonyl (C=O) groups excluding carboxylic acids is 2. The van der Waals surface area contributed by atoms with Crippen molar-refractivity contribution in [3.8, 4) is 16.8 Å². The van der Waals surface area contributed by atoms with E-state index in [1.165, 1.54) is 0 Å². The second-order valence-corrected chi connectivity index (χ2v) is 9.47. The van der Waals surface area contributed by atoms with Crippen LogP contribution >= 0.6 is 0 Å². The first-order valence-electron chi connectivity index (χ1n) is 12.8. The number of fused-ring (bicyclic) bond motifs is 3. The van der Waals surface area contributed by atoms with E-state index in [1.54, 1.807) is 53.5 Å². The van der Waals surface area contributed by atoms with Crippen molar-refractivity contribution in [3.05, 3.63) is 102 Å². The van der Waals surface area contributed by atoms with Gasteiger partial charge in [0.2, 0.25) is 5.91 Å². The molecule has 0 fully saturated rings. The highest BCUT2D eigenvalue weighted by Gasteiger charge is 2.38. The molecule has 1 atom stereocenters. The Labute approximate surface area is 223 Å². The second kappa shape index (κ2) is 10.8. The van der Waals surface area contributed by atoms with E-state index in [0.717, 1.165) is 35.2 Å². The van der Waals surface area contributed by atoms with Gasteiger partial charge in [-0.2, -0.15) is 13.2 Å². The van der Waals surface area contributed by atoms with E-state index in [-0.39, 0.29) is 5.91 Å². The van der Waals surface area contributed by atoms with Crippen molar-refractivity contribution in [2.45, 2.75) is 38.3 Å². The lowest BCUT2D eigenvalue weighted by Gasteiger charge is -2.20. The summed E-state index contributed by atoms with van der Waals surface area (Å²) >= 11 is 0. The van der Waals surface area contributed by atoms with Crippen LogP contribution in [0.3, 0.4) is 0 Å².